The van der Waals surface area contributed by atoms with Gasteiger partial charge in [0.25, 0.3) is 0 Å². The molecule has 0 heterocycles. The van der Waals surface area contributed by atoms with E-state index in [2.05, 4.69) is 5.32 Å². The van der Waals surface area contributed by atoms with Crippen LogP contribution in [0.15, 0.2) is 18.2 Å². The van der Waals surface area contributed by atoms with E-state index >= 15 is 0 Å². The number of carbonyl (C=O) groups excluding carboxylic acids is 1. The molecule has 0 aliphatic heterocycles. The summed E-state index contributed by atoms with van der Waals surface area (Å²) in [7, 11) is 0. The summed E-state index contributed by atoms with van der Waals surface area (Å²) in [4.78, 5) is 12.4. The quantitative estimate of drug-likeness (QED) is 0.727. The van der Waals surface area contributed by atoms with Crippen LogP contribution in [0.3, 0.4) is 0 Å². The van der Waals surface area contributed by atoms with E-state index in [4.69, 9.17) is 4.74 Å². The Morgan fingerprint density at radius 3 is 2.38 bits per heavy atom. The maximum absolute atomic E-state index is 12.4. The van der Waals surface area contributed by atoms with Crippen molar-refractivity contribution >= 4 is 5.97 Å². The van der Waals surface area contributed by atoms with Gasteiger partial charge in [0.2, 0.25) is 0 Å². The van der Waals surface area contributed by atoms with Crippen LogP contribution in [0.5, 0.6) is 11.5 Å². The fraction of sp³-hybridized carbons (Fsp3) is 0.562. The maximum Gasteiger partial charge on any atom is 0.330 e. The SMILES string of the molecule is CCOC(=O)C(C)(NC1CCCC1)c1cc(O)cc(O)c1. The number of nitrogens with one attached hydrogen (secondary N) is 1. The van der Waals surface area contributed by atoms with Gasteiger partial charge in [-0.15, -0.1) is 0 Å². The van der Waals surface area contributed by atoms with Crippen molar-refractivity contribution in [3.63, 3.8) is 0 Å². The first-order valence-electron chi connectivity index (χ1n) is 7.44. The third-order valence-electron chi connectivity index (χ3n) is 4.01. The first-order chi connectivity index (χ1) is 9.95. The van der Waals surface area contributed by atoms with Crippen molar-refractivity contribution in [3.05, 3.63) is 23.8 Å². The highest BCUT2D eigenvalue weighted by molar-refractivity contribution is 5.82. The van der Waals surface area contributed by atoms with Crippen molar-refractivity contribution < 1.29 is 19.7 Å². The Kier molecular flexibility index (Phi) is 4.73. The molecule has 21 heavy (non-hydrogen) atoms. The number of hydrogen-bond acceptors (Lipinski definition) is 5. The molecule has 0 spiro atoms. The number of rotatable bonds is 5. The molecule has 1 aromatic rings. The van der Waals surface area contributed by atoms with Crippen LogP contribution in [-0.2, 0) is 15.1 Å². The Balaban J connectivity index is 2.35. The molecule has 1 aromatic carbocycles. The highest BCUT2D eigenvalue weighted by atomic mass is 16.5. The van der Waals surface area contributed by atoms with E-state index in [0.717, 1.165) is 25.7 Å². The molecule has 1 atom stereocenters. The molecular weight excluding hydrogens is 270 g/mol. The van der Waals surface area contributed by atoms with Crippen molar-refractivity contribution in [2.45, 2.75) is 51.1 Å². The van der Waals surface area contributed by atoms with Crippen LogP contribution in [0.4, 0.5) is 0 Å². The first kappa shape index (κ1) is 15.6. The zero-order chi connectivity index (χ0) is 15.5. The molecule has 1 unspecified atom stereocenters. The van der Waals surface area contributed by atoms with Gasteiger partial charge in [0.15, 0.2) is 0 Å². The zero-order valence-electron chi connectivity index (χ0n) is 12.6. The second-order valence-electron chi connectivity index (χ2n) is 5.71. The molecule has 0 bridgehead atoms. The minimum atomic E-state index is -1.08. The van der Waals surface area contributed by atoms with Crippen LogP contribution in [0, 0.1) is 0 Å². The lowest BCUT2D eigenvalue weighted by Gasteiger charge is -2.32. The Hall–Kier alpha value is -1.75. The van der Waals surface area contributed by atoms with Crippen molar-refractivity contribution in [2.24, 2.45) is 0 Å². The van der Waals surface area contributed by atoms with E-state index in [0.29, 0.717) is 5.56 Å². The largest absolute Gasteiger partial charge is 0.508 e. The van der Waals surface area contributed by atoms with Gasteiger partial charge in [0.1, 0.15) is 17.0 Å². The summed E-state index contributed by atoms with van der Waals surface area (Å²) in [6.07, 6.45) is 4.31. The maximum atomic E-state index is 12.4. The molecule has 2 rings (SSSR count). The van der Waals surface area contributed by atoms with E-state index in [1.807, 2.05) is 0 Å². The molecule has 1 fully saturated rings. The summed E-state index contributed by atoms with van der Waals surface area (Å²) in [6, 6.07) is 4.45. The molecular formula is C16H23NO4. The molecule has 116 valence electrons. The fourth-order valence-electron chi connectivity index (χ4n) is 2.90. The van der Waals surface area contributed by atoms with Crippen LogP contribution in [0.25, 0.3) is 0 Å². The van der Waals surface area contributed by atoms with Gasteiger partial charge in [-0.1, -0.05) is 12.8 Å². The van der Waals surface area contributed by atoms with Gasteiger partial charge >= 0.3 is 5.97 Å². The number of phenols is 2. The summed E-state index contributed by atoms with van der Waals surface area (Å²) in [5.74, 6) is -0.551. The normalized spacial score (nSPS) is 18.4. The van der Waals surface area contributed by atoms with Gasteiger partial charge in [-0.05, 0) is 44.4 Å². The summed E-state index contributed by atoms with van der Waals surface area (Å²) in [5, 5.41) is 22.7. The fourth-order valence-corrected chi connectivity index (χ4v) is 2.90. The van der Waals surface area contributed by atoms with Crippen LogP contribution >= 0.6 is 0 Å². The Morgan fingerprint density at radius 1 is 1.29 bits per heavy atom. The molecule has 0 aromatic heterocycles. The van der Waals surface area contributed by atoms with E-state index in [9.17, 15) is 15.0 Å². The second-order valence-corrected chi connectivity index (χ2v) is 5.71. The predicted octanol–water partition coefficient (Wildman–Crippen LogP) is 2.41. The minimum absolute atomic E-state index is 0.0752. The molecule has 1 saturated carbocycles. The summed E-state index contributed by atoms with van der Waals surface area (Å²) in [5.41, 5.74) is -0.577. The van der Waals surface area contributed by atoms with E-state index in [1.54, 1.807) is 13.8 Å². The summed E-state index contributed by atoms with van der Waals surface area (Å²) in [6.45, 7) is 3.77. The van der Waals surface area contributed by atoms with Gasteiger partial charge in [-0.3, -0.25) is 5.32 Å². The lowest BCUT2D eigenvalue weighted by Crippen LogP contribution is -2.51. The van der Waals surface area contributed by atoms with Crippen molar-refractivity contribution in [3.8, 4) is 11.5 Å². The van der Waals surface area contributed by atoms with Crippen molar-refractivity contribution in [2.75, 3.05) is 6.61 Å². The molecule has 0 saturated heterocycles. The smallest absolute Gasteiger partial charge is 0.330 e. The number of hydrogen-bond donors (Lipinski definition) is 3. The summed E-state index contributed by atoms with van der Waals surface area (Å²) >= 11 is 0. The standard InChI is InChI=1S/C16H23NO4/c1-3-21-15(20)16(2,17-12-6-4-5-7-12)11-8-13(18)10-14(19)9-11/h8-10,12,17-19H,3-7H2,1-2H3. The van der Waals surface area contributed by atoms with Crippen molar-refractivity contribution in [1.29, 1.82) is 0 Å². The lowest BCUT2D eigenvalue weighted by molar-refractivity contribution is -0.151. The first-order valence-corrected chi connectivity index (χ1v) is 7.44. The molecule has 5 heteroatoms. The second kappa shape index (κ2) is 6.35. The number of benzene rings is 1. The number of phenolic OH excluding ortho intramolecular Hbond substituents is 2. The third-order valence-corrected chi connectivity index (χ3v) is 4.01. The lowest BCUT2D eigenvalue weighted by atomic mass is 9.90. The zero-order valence-corrected chi connectivity index (χ0v) is 12.6. The Morgan fingerprint density at radius 2 is 1.86 bits per heavy atom. The van der Waals surface area contributed by atoms with E-state index in [1.165, 1.54) is 18.2 Å². The van der Waals surface area contributed by atoms with E-state index in [-0.39, 0.29) is 24.1 Å². The highest BCUT2D eigenvalue weighted by Crippen LogP contribution is 2.32. The topological polar surface area (TPSA) is 78.8 Å². The average Bonchev–Trinajstić information content (AvgIpc) is 2.90. The molecule has 1 aliphatic rings. The van der Waals surface area contributed by atoms with Gasteiger partial charge in [-0.25, -0.2) is 4.79 Å². The van der Waals surface area contributed by atoms with Crippen LogP contribution < -0.4 is 5.32 Å². The number of ether oxygens (including phenoxy) is 1. The molecule has 3 N–H and O–H groups in total. The molecule has 5 nitrogen and oxygen atoms in total. The molecule has 1 aliphatic carbocycles. The number of aromatic hydroxyl groups is 2. The monoisotopic (exact) mass is 293 g/mol. The number of carbonyl (C=O) groups is 1. The molecule has 0 radical (unpaired) electrons. The van der Waals surface area contributed by atoms with Crippen LogP contribution in [0.1, 0.15) is 45.1 Å². The third kappa shape index (κ3) is 3.47. The highest BCUT2D eigenvalue weighted by Gasteiger charge is 2.39. The Labute approximate surface area is 124 Å². The number of esters is 1. The van der Waals surface area contributed by atoms with Crippen LogP contribution in [-0.4, -0.2) is 28.8 Å². The average molecular weight is 293 g/mol. The predicted molar refractivity (Wildman–Crippen MR) is 79.1 cm³/mol. The van der Waals surface area contributed by atoms with Gasteiger partial charge < -0.3 is 14.9 Å². The van der Waals surface area contributed by atoms with Gasteiger partial charge in [0.05, 0.1) is 6.61 Å². The summed E-state index contributed by atoms with van der Waals surface area (Å²) < 4.78 is 5.19. The molecule has 0 amide bonds. The minimum Gasteiger partial charge on any atom is -0.508 e. The van der Waals surface area contributed by atoms with Crippen molar-refractivity contribution in [1.82, 2.24) is 5.32 Å². The van der Waals surface area contributed by atoms with E-state index < -0.39 is 11.5 Å². The van der Waals surface area contributed by atoms with Gasteiger partial charge in [0, 0.05) is 12.1 Å². The van der Waals surface area contributed by atoms with Gasteiger partial charge in [-0.2, -0.15) is 0 Å². The van der Waals surface area contributed by atoms with Crippen LogP contribution in [0.2, 0.25) is 0 Å². The Bertz CT molecular complexity index is 491.